The fraction of sp³-hybridized carbons (Fsp3) is 0.350. The van der Waals surface area contributed by atoms with Crippen LogP contribution in [0.2, 0.25) is 0 Å². The Bertz CT molecular complexity index is 829. The van der Waals surface area contributed by atoms with Crippen LogP contribution in [0.3, 0.4) is 0 Å². The molecular formula is C20H24N2O4. The Morgan fingerprint density at radius 2 is 1.85 bits per heavy atom. The van der Waals surface area contributed by atoms with E-state index in [1.165, 1.54) is 14.2 Å². The van der Waals surface area contributed by atoms with Crippen molar-refractivity contribution in [2.24, 2.45) is 0 Å². The van der Waals surface area contributed by atoms with Crippen LogP contribution < -0.4 is 9.47 Å². The molecule has 6 nitrogen and oxygen atoms in total. The smallest absolute Gasteiger partial charge is 0.338 e. The molecule has 0 aliphatic heterocycles. The number of esters is 1. The van der Waals surface area contributed by atoms with Gasteiger partial charge in [0.2, 0.25) is 11.8 Å². The zero-order valence-electron chi connectivity index (χ0n) is 16.0. The Morgan fingerprint density at radius 1 is 1.15 bits per heavy atom. The van der Waals surface area contributed by atoms with Crippen LogP contribution in [0.25, 0.3) is 5.57 Å². The maximum absolute atomic E-state index is 12.2. The Morgan fingerprint density at radius 3 is 2.42 bits per heavy atom. The molecule has 0 unspecified atom stereocenters. The lowest BCUT2D eigenvalue weighted by atomic mass is 10.0. The summed E-state index contributed by atoms with van der Waals surface area (Å²) in [6.07, 6.45) is 1.62. The van der Waals surface area contributed by atoms with Crippen LogP contribution >= 0.6 is 0 Å². The van der Waals surface area contributed by atoms with E-state index in [9.17, 15) is 4.79 Å². The number of carbonyl (C=O) groups excluding carboxylic acids is 1. The molecule has 0 N–H and O–H groups in total. The van der Waals surface area contributed by atoms with Gasteiger partial charge in [-0.1, -0.05) is 32.1 Å². The van der Waals surface area contributed by atoms with Gasteiger partial charge in [0, 0.05) is 0 Å². The maximum atomic E-state index is 12.2. The molecule has 0 amide bonds. The lowest BCUT2D eigenvalue weighted by molar-refractivity contribution is -0.133. The summed E-state index contributed by atoms with van der Waals surface area (Å²) in [5.74, 6) is 1.44. The molecule has 1 aromatic carbocycles. The van der Waals surface area contributed by atoms with Crippen LogP contribution in [0.4, 0.5) is 0 Å². The average molecular weight is 356 g/mol. The SMILES string of the molecule is CC=C(C(=O)OC)c1c(OC)nc(C)nc1Oc1cccc(C(C)C)c1. The van der Waals surface area contributed by atoms with Crippen LogP contribution in [0.1, 0.15) is 43.6 Å². The summed E-state index contributed by atoms with van der Waals surface area (Å²) in [7, 11) is 2.80. The van der Waals surface area contributed by atoms with E-state index in [4.69, 9.17) is 14.2 Å². The van der Waals surface area contributed by atoms with Crippen molar-refractivity contribution < 1.29 is 19.0 Å². The maximum Gasteiger partial charge on any atom is 0.338 e. The molecule has 26 heavy (non-hydrogen) atoms. The van der Waals surface area contributed by atoms with Gasteiger partial charge in [-0.25, -0.2) is 4.79 Å². The highest BCUT2D eigenvalue weighted by atomic mass is 16.5. The number of aromatic nitrogens is 2. The molecule has 2 aromatic rings. The van der Waals surface area contributed by atoms with Gasteiger partial charge in [-0.2, -0.15) is 9.97 Å². The first-order valence-corrected chi connectivity index (χ1v) is 8.36. The predicted molar refractivity (Wildman–Crippen MR) is 99.6 cm³/mol. The Balaban J connectivity index is 2.59. The highest BCUT2D eigenvalue weighted by molar-refractivity contribution is 6.17. The number of hydrogen-bond donors (Lipinski definition) is 0. The van der Waals surface area contributed by atoms with Gasteiger partial charge in [-0.3, -0.25) is 0 Å². The zero-order chi connectivity index (χ0) is 19.3. The van der Waals surface area contributed by atoms with Gasteiger partial charge in [0.1, 0.15) is 17.1 Å². The van der Waals surface area contributed by atoms with Gasteiger partial charge in [0.25, 0.3) is 0 Å². The Labute approximate surface area is 153 Å². The van der Waals surface area contributed by atoms with Crippen LogP contribution in [0, 0.1) is 6.92 Å². The van der Waals surface area contributed by atoms with Crippen LogP contribution in [0.15, 0.2) is 30.3 Å². The summed E-state index contributed by atoms with van der Waals surface area (Å²) in [6.45, 7) is 7.68. The van der Waals surface area contributed by atoms with E-state index < -0.39 is 5.97 Å². The van der Waals surface area contributed by atoms with Gasteiger partial charge in [-0.05, 0) is 37.5 Å². The molecule has 0 spiro atoms. The van der Waals surface area contributed by atoms with E-state index in [1.54, 1.807) is 19.9 Å². The molecule has 1 heterocycles. The predicted octanol–water partition coefficient (Wildman–Crippen LogP) is 4.29. The number of allylic oxidation sites excluding steroid dienone is 1. The van der Waals surface area contributed by atoms with Crippen molar-refractivity contribution >= 4 is 11.5 Å². The topological polar surface area (TPSA) is 70.5 Å². The first-order valence-electron chi connectivity index (χ1n) is 8.36. The van der Waals surface area contributed by atoms with E-state index >= 15 is 0 Å². The van der Waals surface area contributed by atoms with Crippen molar-refractivity contribution in [3.8, 4) is 17.5 Å². The Kier molecular flexibility index (Phi) is 6.33. The van der Waals surface area contributed by atoms with Gasteiger partial charge in [-0.15, -0.1) is 0 Å². The summed E-state index contributed by atoms with van der Waals surface area (Å²) < 4.78 is 16.3. The van der Waals surface area contributed by atoms with Gasteiger partial charge in [0.15, 0.2) is 0 Å². The summed E-state index contributed by atoms with van der Waals surface area (Å²) in [5, 5.41) is 0. The molecule has 0 atom stereocenters. The molecule has 2 rings (SSSR count). The molecule has 6 heteroatoms. The number of aryl methyl sites for hydroxylation is 1. The fourth-order valence-corrected chi connectivity index (χ4v) is 2.50. The standard InChI is InChI=1S/C20H24N2O4/c1-7-16(20(23)25-6)17-18(24-5)21-13(4)22-19(17)26-15-10-8-9-14(11-15)12(2)3/h7-12H,1-6H3. The summed E-state index contributed by atoms with van der Waals surface area (Å²) in [6, 6.07) is 7.75. The third-order valence-electron chi connectivity index (χ3n) is 3.85. The number of ether oxygens (including phenoxy) is 3. The van der Waals surface area contributed by atoms with Crippen molar-refractivity contribution in [2.45, 2.75) is 33.6 Å². The highest BCUT2D eigenvalue weighted by Gasteiger charge is 2.25. The second-order valence-electron chi connectivity index (χ2n) is 5.98. The van der Waals surface area contributed by atoms with E-state index in [0.717, 1.165) is 5.56 Å². The lowest BCUT2D eigenvalue weighted by Gasteiger charge is -2.16. The molecule has 0 radical (unpaired) electrons. The molecule has 0 saturated carbocycles. The minimum Gasteiger partial charge on any atom is -0.480 e. The quantitative estimate of drug-likeness (QED) is 0.568. The summed E-state index contributed by atoms with van der Waals surface area (Å²) in [4.78, 5) is 20.8. The summed E-state index contributed by atoms with van der Waals surface area (Å²) >= 11 is 0. The minimum absolute atomic E-state index is 0.244. The number of carbonyl (C=O) groups is 1. The molecule has 0 aliphatic carbocycles. The third-order valence-corrected chi connectivity index (χ3v) is 3.85. The van der Waals surface area contributed by atoms with E-state index in [0.29, 0.717) is 23.1 Å². The number of nitrogens with zero attached hydrogens (tertiary/aromatic N) is 2. The van der Waals surface area contributed by atoms with Crippen molar-refractivity contribution in [3.05, 3.63) is 47.3 Å². The molecule has 138 valence electrons. The number of hydrogen-bond acceptors (Lipinski definition) is 6. The first kappa shape index (κ1) is 19.4. The van der Waals surface area contributed by atoms with Crippen molar-refractivity contribution in [2.75, 3.05) is 14.2 Å². The molecule has 0 bridgehead atoms. The lowest BCUT2D eigenvalue weighted by Crippen LogP contribution is -2.10. The van der Waals surface area contributed by atoms with Gasteiger partial charge in [0.05, 0.1) is 19.8 Å². The highest BCUT2D eigenvalue weighted by Crippen LogP contribution is 2.36. The average Bonchev–Trinajstić information content (AvgIpc) is 2.63. The molecular weight excluding hydrogens is 332 g/mol. The number of benzene rings is 1. The largest absolute Gasteiger partial charge is 0.480 e. The van der Waals surface area contributed by atoms with Crippen LogP contribution in [0.5, 0.6) is 17.5 Å². The second kappa shape index (κ2) is 8.47. The van der Waals surface area contributed by atoms with Gasteiger partial charge < -0.3 is 14.2 Å². The minimum atomic E-state index is -0.515. The first-order chi connectivity index (χ1) is 12.4. The molecule has 1 aromatic heterocycles. The normalized spacial score (nSPS) is 11.4. The molecule has 0 aliphatic rings. The Hall–Kier alpha value is -2.89. The molecule has 0 fully saturated rings. The van der Waals surface area contributed by atoms with Crippen molar-refractivity contribution in [3.63, 3.8) is 0 Å². The van der Waals surface area contributed by atoms with Crippen molar-refractivity contribution in [1.82, 2.24) is 9.97 Å². The number of methoxy groups -OCH3 is 2. The zero-order valence-corrected chi connectivity index (χ0v) is 16.0. The van der Waals surface area contributed by atoms with E-state index in [1.807, 2.05) is 24.3 Å². The number of rotatable bonds is 6. The van der Waals surface area contributed by atoms with Gasteiger partial charge >= 0.3 is 5.97 Å². The van der Waals surface area contributed by atoms with Crippen LogP contribution in [-0.2, 0) is 9.53 Å². The van der Waals surface area contributed by atoms with Crippen LogP contribution in [-0.4, -0.2) is 30.2 Å². The third kappa shape index (κ3) is 4.20. The van der Waals surface area contributed by atoms with Crippen molar-refractivity contribution in [1.29, 1.82) is 0 Å². The fourth-order valence-electron chi connectivity index (χ4n) is 2.50. The summed E-state index contributed by atoms with van der Waals surface area (Å²) in [5.41, 5.74) is 1.78. The second-order valence-corrected chi connectivity index (χ2v) is 5.98. The van der Waals surface area contributed by atoms with E-state index in [2.05, 4.69) is 23.8 Å². The molecule has 0 saturated heterocycles. The van der Waals surface area contributed by atoms with E-state index in [-0.39, 0.29) is 17.3 Å². The monoisotopic (exact) mass is 356 g/mol.